The van der Waals surface area contributed by atoms with Gasteiger partial charge in [0.15, 0.2) is 0 Å². The van der Waals surface area contributed by atoms with Crippen molar-refractivity contribution < 1.29 is 8.42 Å². The second-order valence-corrected chi connectivity index (χ2v) is 6.19. The van der Waals surface area contributed by atoms with E-state index in [9.17, 15) is 8.42 Å². The van der Waals surface area contributed by atoms with Gasteiger partial charge in [-0.2, -0.15) is 4.31 Å². The molecule has 0 aromatic carbocycles. The Morgan fingerprint density at radius 2 is 1.65 bits per heavy atom. The molecule has 1 aromatic heterocycles. The summed E-state index contributed by atoms with van der Waals surface area (Å²) in [5.41, 5.74) is 1.02. The summed E-state index contributed by atoms with van der Waals surface area (Å²) in [6, 6.07) is 0. The van der Waals surface area contributed by atoms with Crippen molar-refractivity contribution in [2.45, 2.75) is 6.92 Å². The van der Waals surface area contributed by atoms with Crippen LogP contribution in [-0.4, -0.2) is 55.1 Å². The lowest BCUT2D eigenvalue weighted by molar-refractivity contribution is 0.385. The third-order valence-electron chi connectivity index (χ3n) is 2.76. The number of anilines is 1. The molecule has 0 bridgehead atoms. The van der Waals surface area contributed by atoms with E-state index < -0.39 is 10.0 Å². The fraction of sp³-hybridized carbons (Fsp3) is 0.600. The van der Waals surface area contributed by atoms with E-state index in [1.807, 2.05) is 11.8 Å². The smallest absolute Gasteiger partial charge is 0.225 e. The lowest BCUT2D eigenvalue weighted by Crippen LogP contribution is -2.48. The number of piperazine rings is 1. The molecule has 0 atom stereocenters. The van der Waals surface area contributed by atoms with Crippen LogP contribution in [0.25, 0.3) is 0 Å². The summed E-state index contributed by atoms with van der Waals surface area (Å²) in [6.45, 7) is 4.20. The van der Waals surface area contributed by atoms with Crippen LogP contribution in [0.2, 0.25) is 0 Å². The number of nitrogens with zero attached hydrogens (tertiary/aromatic N) is 4. The quantitative estimate of drug-likeness (QED) is 0.737. The average molecular weight is 256 g/mol. The first-order valence-corrected chi connectivity index (χ1v) is 7.30. The zero-order valence-electron chi connectivity index (χ0n) is 10.00. The Hall–Kier alpha value is -1.21. The molecule has 0 aliphatic carbocycles. The van der Waals surface area contributed by atoms with E-state index in [0.717, 1.165) is 5.56 Å². The van der Waals surface area contributed by atoms with Gasteiger partial charge in [0.1, 0.15) is 0 Å². The van der Waals surface area contributed by atoms with Crippen molar-refractivity contribution >= 4 is 16.0 Å². The molecule has 1 aliphatic heterocycles. The van der Waals surface area contributed by atoms with Crippen LogP contribution < -0.4 is 4.90 Å². The normalized spacial score (nSPS) is 18.4. The summed E-state index contributed by atoms with van der Waals surface area (Å²) >= 11 is 0. The van der Waals surface area contributed by atoms with Gasteiger partial charge >= 0.3 is 0 Å². The molecule has 0 amide bonds. The van der Waals surface area contributed by atoms with E-state index >= 15 is 0 Å². The van der Waals surface area contributed by atoms with Crippen LogP contribution in [0.1, 0.15) is 5.56 Å². The Bertz CT molecular complexity index is 478. The highest BCUT2D eigenvalue weighted by Crippen LogP contribution is 2.12. The van der Waals surface area contributed by atoms with Crippen LogP contribution in [0.4, 0.5) is 5.95 Å². The molecule has 6 nitrogen and oxygen atoms in total. The first-order valence-electron chi connectivity index (χ1n) is 5.45. The predicted octanol–water partition coefficient (Wildman–Crippen LogP) is -0.133. The molecule has 0 unspecified atom stereocenters. The number of aromatic nitrogens is 2. The summed E-state index contributed by atoms with van der Waals surface area (Å²) in [5, 5.41) is 0. The molecule has 2 rings (SSSR count). The van der Waals surface area contributed by atoms with Gasteiger partial charge < -0.3 is 4.90 Å². The number of rotatable bonds is 2. The molecule has 0 saturated carbocycles. The minimum absolute atomic E-state index is 0.496. The lowest BCUT2D eigenvalue weighted by Gasteiger charge is -2.33. The molecule has 1 saturated heterocycles. The Morgan fingerprint density at radius 3 is 2.12 bits per heavy atom. The number of hydrogen-bond donors (Lipinski definition) is 0. The Balaban J connectivity index is 2.02. The van der Waals surface area contributed by atoms with Crippen molar-refractivity contribution in [3.63, 3.8) is 0 Å². The van der Waals surface area contributed by atoms with Gasteiger partial charge in [0, 0.05) is 38.6 Å². The second-order valence-electron chi connectivity index (χ2n) is 4.21. The van der Waals surface area contributed by atoms with E-state index in [1.165, 1.54) is 10.6 Å². The third-order valence-corrected chi connectivity index (χ3v) is 4.06. The Morgan fingerprint density at radius 1 is 1.12 bits per heavy atom. The number of aryl methyl sites for hydroxylation is 1. The van der Waals surface area contributed by atoms with E-state index in [1.54, 1.807) is 12.4 Å². The van der Waals surface area contributed by atoms with Gasteiger partial charge in [-0.25, -0.2) is 18.4 Å². The fourth-order valence-corrected chi connectivity index (χ4v) is 2.60. The maximum absolute atomic E-state index is 11.4. The SMILES string of the molecule is Cc1cnc(N2CCN(S(C)(=O)=O)CC2)nc1. The topological polar surface area (TPSA) is 66.4 Å². The van der Waals surface area contributed by atoms with Gasteiger partial charge in [-0.15, -0.1) is 0 Å². The average Bonchev–Trinajstić information content (AvgIpc) is 2.29. The third kappa shape index (κ3) is 2.92. The van der Waals surface area contributed by atoms with Gasteiger partial charge in [-0.05, 0) is 12.5 Å². The molecule has 1 aromatic rings. The Labute approximate surface area is 101 Å². The summed E-state index contributed by atoms with van der Waals surface area (Å²) in [4.78, 5) is 10.5. The molecule has 2 heterocycles. The zero-order chi connectivity index (χ0) is 12.5. The van der Waals surface area contributed by atoms with Crippen LogP contribution in [-0.2, 0) is 10.0 Å². The summed E-state index contributed by atoms with van der Waals surface area (Å²) in [7, 11) is -3.07. The molecule has 17 heavy (non-hydrogen) atoms. The Kier molecular flexibility index (Phi) is 3.30. The highest BCUT2D eigenvalue weighted by Gasteiger charge is 2.24. The molecule has 7 heteroatoms. The fourth-order valence-electron chi connectivity index (χ4n) is 1.77. The molecule has 0 spiro atoms. The number of hydrogen-bond acceptors (Lipinski definition) is 5. The van der Waals surface area contributed by atoms with Crippen molar-refractivity contribution in [2.24, 2.45) is 0 Å². The van der Waals surface area contributed by atoms with E-state index in [0.29, 0.717) is 32.1 Å². The molecule has 94 valence electrons. The van der Waals surface area contributed by atoms with Crippen molar-refractivity contribution in [3.05, 3.63) is 18.0 Å². The van der Waals surface area contributed by atoms with Crippen LogP contribution in [0.3, 0.4) is 0 Å². The van der Waals surface area contributed by atoms with Crippen molar-refractivity contribution in [1.29, 1.82) is 0 Å². The van der Waals surface area contributed by atoms with Crippen LogP contribution in [0, 0.1) is 6.92 Å². The molecule has 0 N–H and O–H groups in total. The maximum atomic E-state index is 11.4. The van der Waals surface area contributed by atoms with Gasteiger partial charge in [0.2, 0.25) is 16.0 Å². The van der Waals surface area contributed by atoms with Crippen LogP contribution in [0.5, 0.6) is 0 Å². The summed E-state index contributed by atoms with van der Waals surface area (Å²) < 4.78 is 24.2. The standard InChI is InChI=1S/C10H16N4O2S/c1-9-7-11-10(12-8-9)13-3-5-14(6-4-13)17(2,15)16/h7-8H,3-6H2,1-2H3. The van der Waals surface area contributed by atoms with Gasteiger partial charge in [-0.3, -0.25) is 0 Å². The van der Waals surface area contributed by atoms with Crippen molar-refractivity contribution in [2.75, 3.05) is 37.3 Å². The predicted molar refractivity (Wildman–Crippen MR) is 65.4 cm³/mol. The van der Waals surface area contributed by atoms with E-state index in [-0.39, 0.29) is 0 Å². The summed E-state index contributed by atoms with van der Waals surface area (Å²) in [6.07, 6.45) is 4.78. The van der Waals surface area contributed by atoms with Crippen molar-refractivity contribution in [3.8, 4) is 0 Å². The minimum atomic E-state index is -3.07. The lowest BCUT2D eigenvalue weighted by atomic mass is 10.4. The highest BCUT2D eigenvalue weighted by molar-refractivity contribution is 7.88. The zero-order valence-corrected chi connectivity index (χ0v) is 10.8. The van der Waals surface area contributed by atoms with Crippen LogP contribution in [0.15, 0.2) is 12.4 Å². The molecular weight excluding hydrogens is 240 g/mol. The minimum Gasteiger partial charge on any atom is -0.338 e. The second kappa shape index (κ2) is 4.58. The molecule has 1 aliphatic rings. The highest BCUT2D eigenvalue weighted by atomic mass is 32.2. The largest absolute Gasteiger partial charge is 0.338 e. The molecular formula is C10H16N4O2S. The van der Waals surface area contributed by atoms with Gasteiger partial charge in [0.05, 0.1) is 6.26 Å². The van der Waals surface area contributed by atoms with Gasteiger partial charge in [-0.1, -0.05) is 0 Å². The van der Waals surface area contributed by atoms with E-state index in [2.05, 4.69) is 9.97 Å². The van der Waals surface area contributed by atoms with Crippen LogP contribution >= 0.6 is 0 Å². The van der Waals surface area contributed by atoms with Crippen molar-refractivity contribution in [1.82, 2.24) is 14.3 Å². The maximum Gasteiger partial charge on any atom is 0.225 e. The van der Waals surface area contributed by atoms with Gasteiger partial charge in [0.25, 0.3) is 0 Å². The van der Waals surface area contributed by atoms with E-state index in [4.69, 9.17) is 0 Å². The first kappa shape index (κ1) is 12.3. The molecule has 1 fully saturated rings. The first-order chi connectivity index (χ1) is 7.97. The molecule has 0 radical (unpaired) electrons. The monoisotopic (exact) mass is 256 g/mol. The number of sulfonamides is 1. The summed E-state index contributed by atoms with van der Waals surface area (Å²) in [5.74, 6) is 0.670.